The van der Waals surface area contributed by atoms with Gasteiger partial charge in [-0.25, -0.2) is 0 Å². The van der Waals surface area contributed by atoms with Crippen LogP contribution in [0.5, 0.6) is 11.5 Å². The molecule has 0 aliphatic carbocycles. The van der Waals surface area contributed by atoms with Crippen LogP contribution in [-0.4, -0.2) is 31.0 Å². The van der Waals surface area contributed by atoms with Crippen molar-refractivity contribution >= 4 is 0 Å². The van der Waals surface area contributed by atoms with Gasteiger partial charge in [-0.3, -0.25) is 0 Å². The molecule has 1 rings (SSSR count). The smallest absolute Gasteiger partial charge is 0.387 e. The molecule has 0 aromatic heterocycles. The summed E-state index contributed by atoms with van der Waals surface area (Å²) in [6.45, 7) is 1.55. The van der Waals surface area contributed by atoms with Crippen LogP contribution in [0.2, 0.25) is 0 Å². The predicted octanol–water partition coefficient (Wildman–Crippen LogP) is 2.16. The van der Waals surface area contributed by atoms with E-state index in [0.29, 0.717) is 31.0 Å². The van der Waals surface area contributed by atoms with Gasteiger partial charge >= 0.3 is 6.61 Å². The molecule has 0 aliphatic rings. The van der Waals surface area contributed by atoms with Crippen LogP contribution in [0.1, 0.15) is 19.4 Å². The van der Waals surface area contributed by atoms with Crippen LogP contribution in [0.4, 0.5) is 8.78 Å². The fraction of sp³-hybridized carbons (Fsp3) is 0.538. The molecule has 0 bridgehead atoms. The maximum Gasteiger partial charge on any atom is 0.387 e. The van der Waals surface area contributed by atoms with Crippen LogP contribution in [0, 0.1) is 0 Å². The molecule has 0 aliphatic heterocycles. The van der Waals surface area contributed by atoms with E-state index in [1.54, 1.807) is 32.0 Å². The number of aliphatic hydroxyl groups excluding tert-OH is 1. The Hall–Kier alpha value is -1.40. The van der Waals surface area contributed by atoms with Crippen molar-refractivity contribution in [3.8, 4) is 11.5 Å². The van der Waals surface area contributed by atoms with E-state index in [0.717, 1.165) is 0 Å². The molecule has 19 heavy (non-hydrogen) atoms. The number of hydrogen-bond donors (Lipinski definition) is 2. The molecule has 2 N–H and O–H groups in total. The summed E-state index contributed by atoms with van der Waals surface area (Å²) < 4.78 is 34.7. The lowest BCUT2D eigenvalue weighted by atomic mass is 10.2. The minimum absolute atomic E-state index is 0.0393. The lowest BCUT2D eigenvalue weighted by molar-refractivity contribution is -0.0521. The van der Waals surface area contributed by atoms with Gasteiger partial charge in [-0.2, -0.15) is 8.78 Å². The first-order valence-electron chi connectivity index (χ1n) is 6.12. The minimum atomic E-state index is -2.91. The van der Waals surface area contributed by atoms with Crippen LogP contribution in [0.3, 0.4) is 0 Å². The van der Waals surface area contributed by atoms with Crippen molar-refractivity contribution < 1.29 is 23.4 Å². The third-order valence-corrected chi connectivity index (χ3v) is 2.32. The Morgan fingerprint density at radius 1 is 1.37 bits per heavy atom. The summed E-state index contributed by atoms with van der Waals surface area (Å²) in [7, 11) is 0. The van der Waals surface area contributed by atoms with Crippen molar-refractivity contribution in [3.05, 3.63) is 23.8 Å². The molecule has 0 saturated heterocycles. The van der Waals surface area contributed by atoms with Crippen molar-refractivity contribution in [2.75, 3.05) is 13.2 Å². The molecule has 0 heterocycles. The zero-order valence-electron chi connectivity index (χ0n) is 11.0. The fourth-order valence-electron chi connectivity index (χ4n) is 1.61. The first kappa shape index (κ1) is 15.7. The number of alkyl halides is 2. The molecule has 0 saturated carbocycles. The average Bonchev–Trinajstić information content (AvgIpc) is 2.32. The first-order chi connectivity index (χ1) is 9.04. The molecule has 0 amide bonds. The fourth-order valence-corrected chi connectivity index (χ4v) is 1.61. The first-order valence-corrected chi connectivity index (χ1v) is 6.12. The highest BCUT2D eigenvalue weighted by atomic mass is 19.3. The second-order valence-corrected chi connectivity index (χ2v) is 4.04. The molecule has 0 fully saturated rings. The molecule has 1 unspecified atom stereocenters. The van der Waals surface area contributed by atoms with Gasteiger partial charge in [0, 0.05) is 18.7 Å². The number of halogens is 2. The normalized spacial score (nSPS) is 12.5. The van der Waals surface area contributed by atoms with Crippen molar-refractivity contribution in [2.24, 2.45) is 0 Å². The van der Waals surface area contributed by atoms with Gasteiger partial charge in [0.1, 0.15) is 0 Å². The average molecular weight is 275 g/mol. The summed E-state index contributed by atoms with van der Waals surface area (Å²) in [6, 6.07) is 4.97. The largest absolute Gasteiger partial charge is 0.490 e. The SMILES string of the molecule is CCOc1cccc(CNCC(C)O)c1OC(F)F. The molecule has 1 aromatic rings. The monoisotopic (exact) mass is 275 g/mol. The van der Waals surface area contributed by atoms with Gasteiger partial charge in [0.15, 0.2) is 11.5 Å². The number of para-hydroxylation sites is 1. The molecule has 4 nitrogen and oxygen atoms in total. The zero-order chi connectivity index (χ0) is 14.3. The second-order valence-electron chi connectivity index (χ2n) is 4.04. The molecule has 0 spiro atoms. The summed E-state index contributed by atoms with van der Waals surface area (Å²) in [4.78, 5) is 0. The maximum atomic E-state index is 12.4. The lowest BCUT2D eigenvalue weighted by Crippen LogP contribution is -2.24. The number of ether oxygens (including phenoxy) is 2. The van der Waals surface area contributed by atoms with Gasteiger partial charge in [0.2, 0.25) is 0 Å². The summed E-state index contributed by atoms with van der Waals surface area (Å²) in [5.74, 6) is 0.330. The van der Waals surface area contributed by atoms with E-state index in [2.05, 4.69) is 10.1 Å². The van der Waals surface area contributed by atoms with E-state index in [4.69, 9.17) is 9.84 Å². The van der Waals surface area contributed by atoms with Gasteiger partial charge in [0.05, 0.1) is 12.7 Å². The number of hydrogen-bond acceptors (Lipinski definition) is 4. The van der Waals surface area contributed by atoms with Crippen molar-refractivity contribution in [3.63, 3.8) is 0 Å². The standard InChI is InChI=1S/C13H19F2NO3/c1-3-18-11-6-4-5-10(8-16-7-9(2)17)12(11)19-13(14)15/h4-6,9,13,16-17H,3,7-8H2,1-2H3. The molecule has 6 heteroatoms. The number of aliphatic hydroxyl groups is 1. The number of nitrogens with one attached hydrogen (secondary N) is 1. The molecular weight excluding hydrogens is 256 g/mol. The summed E-state index contributed by atoms with van der Waals surface area (Å²) in [6.07, 6.45) is -0.505. The van der Waals surface area contributed by atoms with Gasteiger partial charge in [0.25, 0.3) is 0 Å². The quantitative estimate of drug-likeness (QED) is 0.763. The third-order valence-electron chi connectivity index (χ3n) is 2.32. The van der Waals surface area contributed by atoms with E-state index in [1.165, 1.54) is 0 Å². The Kier molecular flexibility index (Phi) is 6.52. The summed E-state index contributed by atoms with van der Waals surface area (Å²) >= 11 is 0. The molecule has 1 atom stereocenters. The highest BCUT2D eigenvalue weighted by Gasteiger charge is 2.15. The predicted molar refractivity (Wildman–Crippen MR) is 67.6 cm³/mol. The lowest BCUT2D eigenvalue weighted by Gasteiger charge is -2.16. The Morgan fingerprint density at radius 3 is 2.68 bits per heavy atom. The highest BCUT2D eigenvalue weighted by Crippen LogP contribution is 2.32. The second kappa shape index (κ2) is 7.91. The van der Waals surface area contributed by atoms with Crippen molar-refractivity contribution in [1.82, 2.24) is 5.32 Å². The number of benzene rings is 1. The Morgan fingerprint density at radius 2 is 2.11 bits per heavy atom. The Labute approximate surface area is 111 Å². The van der Waals surface area contributed by atoms with Gasteiger partial charge < -0.3 is 19.9 Å². The van der Waals surface area contributed by atoms with E-state index < -0.39 is 12.7 Å². The molecule has 1 aromatic carbocycles. The Balaban J connectivity index is 2.84. The van der Waals surface area contributed by atoms with E-state index in [1.807, 2.05) is 0 Å². The minimum Gasteiger partial charge on any atom is -0.490 e. The van der Waals surface area contributed by atoms with Gasteiger partial charge in [-0.1, -0.05) is 12.1 Å². The Bertz CT molecular complexity index is 386. The maximum absolute atomic E-state index is 12.4. The van der Waals surface area contributed by atoms with Crippen LogP contribution < -0.4 is 14.8 Å². The van der Waals surface area contributed by atoms with Gasteiger partial charge in [-0.05, 0) is 19.9 Å². The highest BCUT2D eigenvalue weighted by molar-refractivity contribution is 5.46. The van der Waals surface area contributed by atoms with E-state index >= 15 is 0 Å². The number of rotatable bonds is 8. The van der Waals surface area contributed by atoms with Crippen LogP contribution in [-0.2, 0) is 6.54 Å². The van der Waals surface area contributed by atoms with Gasteiger partial charge in [-0.15, -0.1) is 0 Å². The van der Waals surface area contributed by atoms with Crippen molar-refractivity contribution in [1.29, 1.82) is 0 Å². The van der Waals surface area contributed by atoms with E-state index in [9.17, 15) is 8.78 Å². The van der Waals surface area contributed by atoms with Crippen LogP contribution >= 0.6 is 0 Å². The molecular formula is C13H19F2NO3. The van der Waals surface area contributed by atoms with Crippen molar-refractivity contribution in [2.45, 2.75) is 33.1 Å². The van der Waals surface area contributed by atoms with Crippen LogP contribution in [0.15, 0.2) is 18.2 Å². The summed E-state index contributed by atoms with van der Waals surface area (Å²) in [5, 5.41) is 12.1. The summed E-state index contributed by atoms with van der Waals surface area (Å²) in [5.41, 5.74) is 0.562. The molecule has 0 radical (unpaired) electrons. The third kappa shape index (κ3) is 5.40. The van der Waals surface area contributed by atoms with E-state index in [-0.39, 0.29) is 5.75 Å². The molecule has 108 valence electrons. The topological polar surface area (TPSA) is 50.7 Å². The zero-order valence-corrected chi connectivity index (χ0v) is 11.0. The van der Waals surface area contributed by atoms with Crippen LogP contribution in [0.25, 0.3) is 0 Å².